The van der Waals surface area contributed by atoms with Crippen LogP contribution in [0.3, 0.4) is 0 Å². The molecule has 0 aliphatic rings. The molecule has 0 unspecified atom stereocenters. The van der Waals surface area contributed by atoms with E-state index in [1.807, 2.05) is 38.1 Å². The van der Waals surface area contributed by atoms with Crippen molar-refractivity contribution >= 4 is 22.0 Å². The van der Waals surface area contributed by atoms with Crippen molar-refractivity contribution in [3.05, 3.63) is 51.3 Å². The summed E-state index contributed by atoms with van der Waals surface area (Å²) in [6.45, 7) is 4.58. The van der Waals surface area contributed by atoms with Gasteiger partial charge in [0.2, 0.25) is 0 Å². The Morgan fingerprint density at radius 1 is 1.20 bits per heavy atom. The summed E-state index contributed by atoms with van der Waals surface area (Å²) in [5, 5.41) is 9.44. The molecule has 0 spiro atoms. The van der Waals surface area contributed by atoms with Crippen LogP contribution in [0.15, 0.2) is 33.3 Å². The third-order valence-corrected chi connectivity index (χ3v) is 3.50. The fourth-order valence-electron chi connectivity index (χ4n) is 1.77. The highest BCUT2D eigenvalue weighted by atomic mass is 79.9. The van der Waals surface area contributed by atoms with E-state index in [1.165, 1.54) is 0 Å². The SMILES string of the molecule is Cc1noc(C)c1CNC(=O)NCc1ccc(Br)cc1. The molecule has 1 heterocycles. The molecule has 0 aliphatic heterocycles. The standard InChI is InChI=1S/C14H16BrN3O2/c1-9-13(10(2)20-18-9)8-17-14(19)16-7-11-3-5-12(15)6-4-11/h3-6H,7-8H2,1-2H3,(H2,16,17,19). The maximum Gasteiger partial charge on any atom is 0.315 e. The van der Waals surface area contributed by atoms with Crippen molar-refractivity contribution in [2.24, 2.45) is 0 Å². The van der Waals surface area contributed by atoms with Crippen LogP contribution in [-0.2, 0) is 13.1 Å². The monoisotopic (exact) mass is 337 g/mol. The Kier molecular flexibility index (Phi) is 4.79. The van der Waals surface area contributed by atoms with E-state index >= 15 is 0 Å². The quantitative estimate of drug-likeness (QED) is 0.900. The largest absolute Gasteiger partial charge is 0.361 e. The van der Waals surface area contributed by atoms with E-state index in [2.05, 4.69) is 31.7 Å². The highest BCUT2D eigenvalue weighted by Gasteiger charge is 2.09. The van der Waals surface area contributed by atoms with Crippen molar-refractivity contribution < 1.29 is 9.32 Å². The molecule has 0 saturated carbocycles. The van der Waals surface area contributed by atoms with E-state index in [0.29, 0.717) is 13.1 Å². The van der Waals surface area contributed by atoms with Gasteiger partial charge in [0.15, 0.2) is 0 Å². The molecule has 1 aromatic carbocycles. The Morgan fingerprint density at radius 2 is 1.85 bits per heavy atom. The Bertz CT molecular complexity index is 573. The molecule has 1 aromatic heterocycles. The molecule has 20 heavy (non-hydrogen) atoms. The molecule has 5 nitrogen and oxygen atoms in total. The lowest BCUT2D eigenvalue weighted by molar-refractivity contribution is 0.240. The number of nitrogens with one attached hydrogen (secondary N) is 2. The molecule has 0 bridgehead atoms. The minimum atomic E-state index is -0.215. The summed E-state index contributed by atoms with van der Waals surface area (Å²) >= 11 is 3.37. The number of aromatic nitrogens is 1. The van der Waals surface area contributed by atoms with Gasteiger partial charge in [-0.3, -0.25) is 0 Å². The summed E-state index contributed by atoms with van der Waals surface area (Å²) in [7, 11) is 0. The Hall–Kier alpha value is -1.82. The molecule has 2 rings (SSSR count). The summed E-state index contributed by atoms with van der Waals surface area (Å²) in [6, 6.07) is 7.59. The zero-order valence-electron chi connectivity index (χ0n) is 11.4. The first-order chi connectivity index (χ1) is 9.56. The number of benzene rings is 1. The number of amides is 2. The van der Waals surface area contributed by atoms with Crippen LogP contribution in [0.2, 0.25) is 0 Å². The molecule has 0 atom stereocenters. The minimum Gasteiger partial charge on any atom is -0.361 e. The summed E-state index contributed by atoms with van der Waals surface area (Å²) in [5.41, 5.74) is 2.76. The van der Waals surface area contributed by atoms with Gasteiger partial charge in [-0.1, -0.05) is 33.2 Å². The zero-order valence-corrected chi connectivity index (χ0v) is 13.0. The smallest absolute Gasteiger partial charge is 0.315 e. The van der Waals surface area contributed by atoms with Gasteiger partial charge >= 0.3 is 6.03 Å². The third-order valence-electron chi connectivity index (χ3n) is 2.97. The number of aryl methyl sites for hydroxylation is 2. The van der Waals surface area contributed by atoms with E-state index in [-0.39, 0.29) is 6.03 Å². The lowest BCUT2D eigenvalue weighted by Gasteiger charge is -2.07. The average Bonchev–Trinajstić information content (AvgIpc) is 2.75. The number of nitrogens with zero attached hydrogens (tertiary/aromatic N) is 1. The topological polar surface area (TPSA) is 67.2 Å². The van der Waals surface area contributed by atoms with Crippen molar-refractivity contribution in [2.45, 2.75) is 26.9 Å². The first kappa shape index (κ1) is 14.6. The first-order valence-corrected chi connectivity index (χ1v) is 7.03. The minimum absolute atomic E-state index is 0.215. The fourth-order valence-corrected chi connectivity index (χ4v) is 2.03. The predicted octanol–water partition coefficient (Wildman–Crippen LogP) is 3.05. The average molecular weight is 338 g/mol. The Labute approximate surface area is 125 Å². The molecule has 2 N–H and O–H groups in total. The third kappa shape index (κ3) is 3.84. The first-order valence-electron chi connectivity index (χ1n) is 6.24. The van der Waals surface area contributed by atoms with Gasteiger partial charge in [0.05, 0.1) is 5.69 Å². The van der Waals surface area contributed by atoms with E-state index in [9.17, 15) is 4.79 Å². The number of rotatable bonds is 4. The molecule has 106 valence electrons. The molecular formula is C14H16BrN3O2. The lowest BCUT2D eigenvalue weighted by atomic mass is 10.2. The molecule has 0 saturated heterocycles. The van der Waals surface area contributed by atoms with Gasteiger partial charge < -0.3 is 15.2 Å². The lowest BCUT2D eigenvalue weighted by Crippen LogP contribution is -2.34. The number of carbonyl (C=O) groups is 1. The Morgan fingerprint density at radius 3 is 2.45 bits per heavy atom. The van der Waals surface area contributed by atoms with Gasteiger partial charge in [0, 0.05) is 23.1 Å². The van der Waals surface area contributed by atoms with Crippen LogP contribution in [0.25, 0.3) is 0 Å². The molecular weight excluding hydrogens is 322 g/mol. The fraction of sp³-hybridized carbons (Fsp3) is 0.286. The van der Waals surface area contributed by atoms with Crippen LogP contribution in [-0.4, -0.2) is 11.2 Å². The Balaban J connectivity index is 1.80. The molecule has 6 heteroatoms. The maximum absolute atomic E-state index is 11.7. The van der Waals surface area contributed by atoms with E-state index in [4.69, 9.17) is 4.52 Å². The summed E-state index contributed by atoms with van der Waals surface area (Å²) < 4.78 is 6.06. The van der Waals surface area contributed by atoms with E-state index in [1.54, 1.807) is 0 Å². The highest BCUT2D eigenvalue weighted by Crippen LogP contribution is 2.11. The van der Waals surface area contributed by atoms with Gasteiger partial charge in [-0.25, -0.2) is 4.79 Å². The molecule has 2 aromatic rings. The van der Waals surface area contributed by atoms with Crippen LogP contribution >= 0.6 is 15.9 Å². The van der Waals surface area contributed by atoms with Crippen molar-refractivity contribution in [2.75, 3.05) is 0 Å². The van der Waals surface area contributed by atoms with Crippen molar-refractivity contribution in [3.8, 4) is 0 Å². The number of halogens is 1. The van der Waals surface area contributed by atoms with Gasteiger partial charge in [-0.05, 0) is 31.5 Å². The van der Waals surface area contributed by atoms with Crippen molar-refractivity contribution in [3.63, 3.8) is 0 Å². The van der Waals surface area contributed by atoms with Crippen molar-refractivity contribution in [1.82, 2.24) is 15.8 Å². The van der Waals surface area contributed by atoms with Crippen LogP contribution in [0, 0.1) is 13.8 Å². The maximum atomic E-state index is 11.7. The normalized spacial score (nSPS) is 10.3. The number of hydrogen-bond donors (Lipinski definition) is 2. The van der Waals surface area contributed by atoms with Gasteiger partial charge in [0.25, 0.3) is 0 Å². The number of carbonyl (C=O) groups excluding carboxylic acids is 1. The summed E-state index contributed by atoms with van der Waals surface area (Å²) in [5.74, 6) is 0.732. The molecule has 0 fully saturated rings. The van der Waals surface area contributed by atoms with E-state index in [0.717, 1.165) is 27.1 Å². The second-order valence-electron chi connectivity index (χ2n) is 4.47. The van der Waals surface area contributed by atoms with Crippen LogP contribution in [0.4, 0.5) is 4.79 Å². The molecule has 2 amide bonds. The van der Waals surface area contributed by atoms with Crippen LogP contribution in [0.5, 0.6) is 0 Å². The summed E-state index contributed by atoms with van der Waals surface area (Å²) in [6.07, 6.45) is 0. The predicted molar refractivity (Wildman–Crippen MR) is 79.2 cm³/mol. The van der Waals surface area contributed by atoms with E-state index < -0.39 is 0 Å². The second-order valence-corrected chi connectivity index (χ2v) is 5.38. The highest BCUT2D eigenvalue weighted by molar-refractivity contribution is 9.10. The molecule has 0 radical (unpaired) electrons. The number of urea groups is 1. The van der Waals surface area contributed by atoms with Gasteiger partial charge in [-0.2, -0.15) is 0 Å². The molecule has 0 aliphatic carbocycles. The number of hydrogen-bond acceptors (Lipinski definition) is 3. The van der Waals surface area contributed by atoms with Gasteiger partial charge in [0.1, 0.15) is 5.76 Å². The van der Waals surface area contributed by atoms with Crippen molar-refractivity contribution in [1.29, 1.82) is 0 Å². The van der Waals surface area contributed by atoms with Gasteiger partial charge in [-0.15, -0.1) is 0 Å². The second kappa shape index (κ2) is 6.56. The zero-order chi connectivity index (χ0) is 14.5. The van der Waals surface area contributed by atoms with Crippen LogP contribution in [0.1, 0.15) is 22.6 Å². The van der Waals surface area contributed by atoms with Crippen LogP contribution < -0.4 is 10.6 Å². The summed E-state index contributed by atoms with van der Waals surface area (Å²) in [4.78, 5) is 11.7.